The van der Waals surface area contributed by atoms with E-state index in [9.17, 15) is 20.2 Å². The Labute approximate surface area is 88.0 Å². The van der Waals surface area contributed by atoms with Crippen LogP contribution in [0.2, 0.25) is 0 Å². The normalized spacial score (nSPS) is 10.1. The van der Waals surface area contributed by atoms with Crippen molar-refractivity contribution < 1.29 is 29.8 Å². The molecule has 16 heavy (non-hydrogen) atoms. The van der Waals surface area contributed by atoms with Crippen molar-refractivity contribution in [3.05, 3.63) is 30.3 Å². The van der Waals surface area contributed by atoms with Gasteiger partial charge in [0.05, 0.1) is 7.11 Å². The zero-order chi connectivity index (χ0) is 13.1. The summed E-state index contributed by atoms with van der Waals surface area (Å²) in [4.78, 5) is 39.3. The van der Waals surface area contributed by atoms with Crippen molar-refractivity contribution in [3.63, 3.8) is 0 Å². The van der Waals surface area contributed by atoms with Crippen LogP contribution < -0.4 is 0 Å². The van der Waals surface area contributed by atoms with E-state index >= 15 is 0 Å². The second kappa shape index (κ2) is 9.17. The Hall–Kier alpha value is -2.40. The molecule has 0 spiro atoms. The lowest BCUT2D eigenvalue weighted by Crippen LogP contribution is -2.21. The Morgan fingerprint density at radius 1 is 1.06 bits per heavy atom. The van der Waals surface area contributed by atoms with E-state index < -0.39 is 28.0 Å². The maximum Gasteiger partial charge on any atom is 0.294 e. The summed E-state index contributed by atoms with van der Waals surface area (Å²) in [5, 5.41) is 25.2. The summed E-state index contributed by atoms with van der Waals surface area (Å²) in [6, 6.07) is 0. The van der Waals surface area contributed by atoms with E-state index in [0.717, 1.165) is 7.11 Å². The third-order valence-corrected chi connectivity index (χ3v) is 0.830. The van der Waals surface area contributed by atoms with Crippen molar-refractivity contribution in [2.45, 2.75) is 13.0 Å². The van der Waals surface area contributed by atoms with Crippen molar-refractivity contribution in [1.82, 2.24) is 0 Å². The molecule has 0 aliphatic carbocycles. The van der Waals surface area contributed by atoms with Crippen LogP contribution in [0.25, 0.3) is 0 Å². The molecule has 0 aromatic heterocycles. The minimum Gasteiger partial charge on any atom is -0.317 e. The summed E-state index contributed by atoms with van der Waals surface area (Å²) < 4.78 is 0. The summed E-state index contributed by atoms with van der Waals surface area (Å²) in [6.45, 7) is 0.834. The van der Waals surface area contributed by atoms with Gasteiger partial charge in [-0.2, -0.15) is 0 Å². The highest BCUT2D eigenvalue weighted by Crippen LogP contribution is 1.91. The summed E-state index contributed by atoms with van der Waals surface area (Å²) in [5.74, 6) is 0. The number of nitrogens with zero attached hydrogens (tertiary/aromatic N) is 3. The van der Waals surface area contributed by atoms with Gasteiger partial charge >= 0.3 is 0 Å². The van der Waals surface area contributed by atoms with Crippen molar-refractivity contribution in [1.29, 1.82) is 0 Å². The van der Waals surface area contributed by atoms with Gasteiger partial charge in [-0.25, -0.2) is 0 Å². The first-order valence-corrected chi connectivity index (χ1v) is 3.56. The molecule has 0 radical (unpaired) electrons. The van der Waals surface area contributed by atoms with Gasteiger partial charge in [0.25, 0.3) is 15.3 Å². The number of hydrogen-bond acceptors (Lipinski definition) is 9. The molecule has 0 rings (SSSR count). The van der Waals surface area contributed by atoms with Crippen LogP contribution in [0.15, 0.2) is 0 Å². The lowest BCUT2D eigenvalue weighted by Gasteiger charge is -2.05. The van der Waals surface area contributed by atoms with E-state index in [4.69, 9.17) is 10.1 Å². The number of rotatable bonds is 6. The van der Waals surface area contributed by atoms with E-state index in [1.165, 1.54) is 6.92 Å². The summed E-state index contributed by atoms with van der Waals surface area (Å²) in [7, 11) is 1.00. The first-order chi connectivity index (χ1) is 7.29. The highest BCUT2D eigenvalue weighted by molar-refractivity contribution is 4.39. The second-order valence-electron chi connectivity index (χ2n) is 2.07. The molecule has 12 nitrogen and oxygen atoms in total. The molecule has 0 N–H and O–H groups in total. The van der Waals surface area contributed by atoms with Gasteiger partial charge in [0, 0.05) is 0 Å². The zero-order valence-electron chi connectivity index (χ0n) is 8.30. The lowest BCUT2D eigenvalue weighted by atomic mass is 10.5. The highest BCUT2D eigenvalue weighted by Gasteiger charge is 2.08. The van der Waals surface area contributed by atoms with Crippen LogP contribution in [0.1, 0.15) is 6.92 Å². The standard InChI is InChI=1S/C3H6N2O6.CH3NO3/c1-3(11-5(8)9)2-10-4(6)7;1-5-2(3)4/h3H,2H2,1H3;1H3. The van der Waals surface area contributed by atoms with E-state index in [-0.39, 0.29) is 0 Å². The minimum atomic E-state index is -1.04. The maximum atomic E-state index is 9.61. The van der Waals surface area contributed by atoms with Crippen LogP contribution in [0.4, 0.5) is 0 Å². The van der Waals surface area contributed by atoms with E-state index in [1.807, 2.05) is 0 Å². The van der Waals surface area contributed by atoms with Crippen LogP contribution in [-0.2, 0) is 14.5 Å². The van der Waals surface area contributed by atoms with Crippen molar-refractivity contribution >= 4 is 0 Å². The smallest absolute Gasteiger partial charge is 0.294 e. The molecule has 0 heterocycles. The molecule has 94 valence electrons. The predicted octanol–water partition coefficient (Wildman–Crippen LogP) is -0.384. The molecule has 12 heteroatoms. The van der Waals surface area contributed by atoms with E-state index in [2.05, 4.69) is 14.5 Å². The Kier molecular flexibility index (Phi) is 9.19. The molecule has 0 saturated carbocycles. The SMILES string of the molecule is CC(CO[N+](=O)[O-])O[N+](=O)[O-].CO[N+](=O)[O-]. The molecule has 1 atom stereocenters. The molecule has 0 aliphatic rings. The fourth-order valence-electron chi connectivity index (χ4n) is 0.343. The van der Waals surface area contributed by atoms with Gasteiger partial charge in [-0.3, -0.25) is 0 Å². The first kappa shape index (κ1) is 16.0. The van der Waals surface area contributed by atoms with Gasteiger partial charge in [-0.1, -0.05) is 0 Å². The van der Waals surface area contributed by atoms with Gasteiger partial charge in [-0.05, 0) is 6.92 Å². The summed E-state index contributed by atoms with van der Waals surface area (Å²) >= 11 is 0. The van der Waals surface area contributed by atoms with Crippen LogP contribution in [0.3, 0.4) is 0 Å². The fraction of sp³-hybridized carbons (Fsp3) is 1.00. The number of hydrogen-bond donors (Lipinski definition) is 0. The van der Waals surface area contributed by atoms with E-state index in [0.29, 0.717) is 0 Å². The van der Waals surface area contributed by atoms with Gasteiger partial charge in [0.1, 0.15) is 12.7 Å². The molecule has 0 amide bonds. The molecule has 0 saturated heterocycles. The average Bonchev–Trinajstić information content (AvgIpc) is 2.14. The zero-order valence-corrected chi connectivity index (χ0v) is 8.30. The topological polar surface area (TPSA) is 157 Å². The Morgan fingerprint density at radius 2 is 1.50 bits per heavy atom. The predicted molar refractivity (Wildman–Crippen MR) is 44.5 cm³/mol. The molecular weight excluding hydrogens is 234 g/mol. The largest absolute Gasteiger partial charge is 0.317 e. The van der Waals surface area contributed by atoms with Crippen molar-refractivity contribution in [2.75, 3.05) is 13.7 Å². The van der Waals surface area contributed by atoms with Crippen LogP contribution in [-0.4, -0.2) is 35.1 Å². The van der Waals surface area contributed by atoms with Gasteiger partial charge in [0.15, 0.2) is 0 Å². The molecular formula is C4H9N3O9. The molecule has 0 aliphatic heterocycles. The fourth-order valence-corrected chi connectivity index (χ4v) is 0.343. The minimum absolute atomic E-state index is 0.450. The van der Waals surface area contributed by atoms with E-state index in [1.54, 1.807) is 0 Å². The van der Waals surface area contributed by atoms with Gasteiger partial charge in [-0.15, -0.1) is 30.3 Å². The average molecular weight is 243 g/mol. The van der Waals surface area contributed by atoms with Gasteiger partial charge < -0.3 is 14.5 Å². The lowest BCUT2D eigenvalue weighted by molar-refractivity contribution is -0.789. The van der Waals surface area contributed by atoms with Crippen LogP contribution >= 0.6 is 0 Å². The summed E-state index contributed by atoms with van der Waals surface area (Å²) in [6.07, 6.45) is -0.935. The molecule has 0 fully saturated rings. The van der Waals surface area contributed by atoms with Crippen molar-refractivity contribution in [2.24, 2.45) is 0 Å². The van der Waals surface area contributed by atoms with Gasteiger partial charge in [0.2, 0.25) is 0 Å². The Morgan fingerprint density at radius 3 is 1.75 bits per heavy atom. The quantitative estimate of drug-likeness (QED) is 0.447. The first-order valence-electron chi connectivity index (χ1n) is 3.56. The molecule has 0 aromatic carbocycles. The van der Waals surface area contributed by atoms with Crippen LogP contribution in [0.5, 0.6) is 0 Å². The van der Waals surface area contributed by atoms with Crippen LogP contribution in [0, 0.1) is 30.3 Å². The Balaban J connectivity index is 0. The third-order valence-electron chi connectivity index (χ3n) is 0.830. The Bertz CT molecular complexity index is 243. The third kappa shape index (κ3) is 17.6. The molecule has 0 bridgehead atoms. The monoisotopic (exact) mass is 243 g/mol. The highest BCUT2D eigenvalue weighted by atomic mass is 17.0. The second-order valence-corrected chi connectivity index (χ2v) is 2.07. The maximum absolute atomic E-state index is 9.61. The van der Waals surface area contributed by atoms with Crippen molar-refractivity contribution in [3.8, 4) is 0 Å². The summed E-state index contributed by atoms with van der Waals surface area (Å²) in [5.41, 5.74) is 0. The molecule has 1 unspecified atom stereocenters. The molecule has 0 aromatic rings.